The van der Waals surface area contributed by atoms with E-state index in [1.165, 1.54) is 0 Å². The highest BCUT2D eigenvalue weighted by atomic mass is 16.5. The summed E-state index contributed by atoms with van der Waals surface area (Å²) in [7, 11) is 0. The number of hydrogen-bond acceptors (Lipinski definition) is 3. The molecule has 1 unspecified atom stereocenters. The molecule has 4 nitrogen and oxygen atoms in total. The summed E-state index contributed by atoms with van der Waals surface area (Å²) in [5.74, 6) is 0.460. The molecular formula is C20H20N2O2. The summed E-state index contributed by atoms with van der Waals surface area (Å²) in [4.78, 5) is 12.6. The minimum absolute atomic E-state index is 0.122. The van der Waals surface area contributed by atoms with E-state index < -0.39 is 6.10 Å². The number of benzene rings is 2. The van der Waals surface area contributed by atoms with Gasteiger partial charge in [-0.15, -0.1) is 0 Å². The normalized spacial score (nSPS) is 16.3. The Bertz CT molecular complexity index is 743. The zero-order valence-corrected chi connectivity index (χ0v) is 13.7. The van der Waals surface area contributed by atoms with Gasteiger partial charge in [-0.3, -0.25) is 4.79 Å². The number of amides is 1. The fourth-order valence-corrected chi connectivity index (χ4v) is 2.98. The third kappa shape index (κ3) is 3.26. The van der Waals surface area contributed by atoms with Crippen LogP contribution in [0.3, 0.4) is 0 Å². The number of nitrogens with zero attached hydrogens (tertiary/aromatic N) is 1. The van der Waals surface area contributed by atoms with Gasteiger partial charge in [-0.25, -0.2) is 0 Å². The monoisotopic (exact) mass is 320 g/mol. The average Bonchev–Trinajstić information content (AvgIpc) is 2.59. The molecule has 0 aliphatic heterocycles. The molecule has 1 N–H and O–H groups in total. The zero-order chi connectivity index (χ0) is 17.0. The number of nitrogens with one attached hydrogen (secondary N) is 1. The summed E-state index contributed by atoms with van der Waals surface area (Å²) >= 11 is 0. The van der Waals surface area contributed by atoms with Crippen LogP contribution in [0, 0.1) is 11.3 Å². The van der Waals surface area contributed by atoms with E-state index in [-0.39, 0.29) is 11.4 Å². The van der Waals surface area contributed by atoms with Crippen molar-refractivity contribution in [3.05, 3.63) is 65.7 Å². The van der Waals surface area contributed by atoms with Crippen LogP contribution in [0.15, 0.2) is 54.6 Å². The first-order valence-corrected chi connectivity index (χ1v) is 8.17. The Balaban J connectivity index is 1.66. The molecule has 122 valence electrons. The van der Waals surface area contributed by atoms with Crippen LogP contribution >= 0.6 is 0 Å². The Morgan fingerprint density at radius 3 is 2.38 bits per heavy atom. The maximum Gasteiger partial charge on any atom is 0.261 e. The molecule has 1 saturated carbocycles. The van der Waals surface area contributed by atoms with Gasteiger partial charge in [-0.1, -0.05) is 30.3 Å². The summed E-state index contributed by atoms with van der Waals surface area (Å²) in [5.41, 5.74) is 1.45. The molecule has 4 heteroatoms. The van der Waals surface area contributed by atoms with E-state index in [2.05, 4.69) is 23.5 Å². The van der Waals surface area contributed by atoms with E-state index in [0.717, 1.165) is 24.8 Å². The lowest BCUT2D eigenvalue weighted by molar-refractivity contribution is -0.130. The quantitative estimate of drug-likeness (QED) is 0.917. The van der Waals surface area contributed by atoms with E-state index >= 15 is 0 Å². The Kier molecular flexibility index (Phi) is 4.52. The van der Waals surface area contributed by atoms with Crippen LogP contribution in [0.1, 0.15) is 37.3 Å². The molecule has 1 aliphatic rings. The lowest BCUT2D eigenvalue weighted by Gasteiger charge is -2.43. The fraction of sp³-hybridized carbons (Fsp3) is 0.300. The van der Waals surface area contributed by atoms with Crippen LogP contribution in [0.4, 0.5) is 0 Å². The summed E-state index contributed by atoms with van der Waals surface area (Å²) in [6, 6.07) is 18.9. The van der Waals surface area contributed by atoms with Gasteiger partial charge in [0.1, 0.15) is 5.75 Å². The molecule has 0 aromatic heterocycles. The number of nitriles is 1. The van der Waals surface area contributed by atoms with E-state index in [9.17, 15) is 4.79 Å². The molecule has 0 heterocycles. The predicted molar refractivity (Wildman–Crippen MR) is 91.4 cm³/mol. The van der Waals surface area contributed by atoms with Crippen molar-refractivity contribution >= 4 is 5.91 Å². The third-order valence-electron chi connectivity index (χ3n) is 4.56. The summed E-state index contributed by atoms with van der Waals surface area (Å²) < 4.78 is 5.70. The molecule has 0 radical (unpaired) electrons. The topological polar surface area (TPSA) is 62.1 Å². The molecule has 24 heavy (non-hydrogen) atoms. The van der Waals surface area contributed by atoms with Gasteiger partial charge in [0.2, 0.25) is 0 Å². The van der Waals surface area contributed by atoms with Crippen molar-refractivity contribution in [3.8, 4) is 11.8 Å². The molecule has 1 atom stereocenters. The number of ether oxygens (including phenoxy) is 1. The van der Waals surface area contributed by atoms with Gasteiger partial charge in [0.15, 0.2) is 6.10 Å². The highest BCUT2D eigenvalue weighted by Gasteiger charge is 2.40. The zero-order valence-electron chi connectivity index (χ0n) is 13.7. The Hall–Kier alpha value is -2.80. The van der Waals surface area contributed by atoms with Crippen LogP contribution in [0.25, 0.3) is 0 Å². The summed E-state index contributed by atoms with van der Waals surface area (Å²) in [5, 5.41) is 12.0. The van der Waals surface area contributed by atoms with Crippen molar-refractivity contribution in [3.63, 3.8) is 0 Å². The van der Waals surface area contributed by atoms with Crippen LogP contribution in [0.5, 0.6) is 5.75 Å². The van der Waals surface area contributed by atoms with Crippen molar-refractivity contribution in [1.29, 1.82) is 5.26 Å². The minimum Gasteiger partial charge on any atom is -0.481 e. The third-order valence-corrected chi connectivity index (χ3v) is 4.56. The molecule has 2 aromatic carbocycles. The first-order valence-electron chi connectivity index (χ1n) is 8.17. The van der Waals surface area contributed by atoms with E-state index in [1.54, 1.807) is 31.2 Å². The molecule has 1 fully saturated rings. The molecule has 1 amide bonds. The molecule has 0 bridgehead atoms. The largest absolute Gasteiger partial charge is 0.481 e. The second kappa shape index (κ2) is 6.76. The predicted octanol–water partition coefficient (Wildman–Crippen LogP) is 3.52. The Morgan fingerprint density at radius 2 is 1.83 bits per heavy atom. The number of hydrogen-bond donors (Lipinski definition) is 1. The lowest BCUT2D eigenvalue weighted by atomic mass is 9.71. The second-order valence-electron chi connectivity index (χ2n) is 6.19. The highest BCUT2D eigenvalue weighted by Crippen LogP contribution is 2.41. The Labute approximate surface area is 142 Å². The van der Waals surface area contributed by atoms with Crippen LogP contribution in [-0.4, -0.2) is 12.0 Å². The maximum atomic E-state index is 12.6. The maximum absolute atomic E-state index is 12.6. The second-order valence-corrected chi connectivity index (χ2v) is 6.19. The summed E-state index contributed by atoms with van der Waals surface area (Å²) in [6.45, 7) is 1.74. The van der Waals surface area contributed by atoms with Gasteiger partial charge in [0, 0.05) is 0 Å². The van der Waals surface area contributed by atoms with Gasteiger partial charge in [-0.05, 0) is 56.0 Å². The SMILES string of the molecule is CC(Oc1ccc(C#N)cc1)C(=O)NC1(c2ccccc2)CCC1. The first-order chi connectivity index (χ1) is 11.6. The van der Waals surface area contributed by atoms with Gasteiger partial charge in [-0.2, -0.15) is 5.26 Å². The van der Waals surface area contributed by atoms with E-state index in [0.29, 0.717) is 11.3 Å². The van der Waals surface area contributed by atoms with Crippen molar-refractivity contribution < 1.29 is 9.53 Å². The number of carbonyl (C=O) groups is 1. The van der Waals surface area contributed by atoms with Crippen molar-refractivity contribution in [2.75, 3.05) is 0 Å². The van der Waals surface area contributed by atoms with Crippen LogP contribution in [-0.2, 0) is 10.3 Å². The highest BCUT2D eigenvalue weighted by molar-refractivity contribution is 5.81. The Morgan fingerprint density at radius 1 is 1.17 bits per heavy atom. The van der Waals surface area contributed by atoms with Gasteiger partial charge in [0.05, 0.1) is 17.2 Å². The van der Waals surface area contributed by atoms with E-state index in [4.69, 9.17) is 10.00 Å². The minimum atomic E-state index is -0.598. The van der Waals surface area contributed by atoms with Crippen molar-refractivity contribution in [1.82, 2.24) is 5.32 Å². The molecule has 0 spiro atoms. The smallest absolute Gasteiger partial charge is 0.261 e. The average molecular weight is 320 g/mol. The fourth-order valence-electron chi connectivity index (χ4n) is 2.98. The number of carbonyl (C=O) groups excluding carboxylic acids is 1. The van der Waals surface area contributed by atoms with Gasteiger partial charge in [0.25, 0.3) is 5.91 Å². The molecule has 3 rings (SSSR count). The first kappa shape index (κ1) is 16.1. The van der Waals surface area contributed by atoms with Gasteiger partial charge < -0.3 is 10.1 Å². The number of rotatable bonds is 5. The lowest BCUT2D eigenvalue weighted by Crippen LogP contribution is -2.54. The summed E-state index contributed by atoms with van der Waals surface area (Å²) in [6.07, 6.45) is 2.41. The van der Waals surface area contributed by atoms with Crippen LogP contribution in [0.2, 0.25) is 0 Å². The molecule has 0 saturated heterocycles. The van der Waals surface area contributed by atoms with Gasteiger partial charge >= 0.3 is 0 Å². The molecule has 1 aliphatic carbocycles. The van der Waals surface area contributed by atoms with Crippen molar-refractivity contribution in [2.24, 2.45) is 0 Å². The molecule has 2 aromatic rings. The standard InChI is InChI=1S/C20H20N2O2/c1-15(24-18-10-8-16(14-21)9-11-18)19(23)22-20(12-5-13-20)17-6-3-2-4-7-17/h2-4,6-11,15H,5,12-13H2,1H3,(H,22,23). The van der Waals surface area contributed by atoms with Crippen molar-refractivity contribution in [2.45, 2.75) is 37.8 Å². The molecular weight excluding hydrogens is 300 g/mol. The van der Waals surface area contributed by atoms with E-state index in [1.807, 2.05) is 18.2 Å². The van der Waals surface area contributed by atoms with Crippen LogP contribution < -0.4 is 10.1 Å².